The van der Waals surface area contributed by atoms with E-state index in [2.05, 4.69) is 30.6 Å². The Balaban J connectivity index is 1.39. The van der Waals surface area contributed by atoms with Crippen molar-refractivity contribution in [3.05, 3.63) is 46.8 Å². The highest BCUT2D eigenvalue weighted by Crippen LogP contribution is 2.22. The van der Waals surface area contributed by atoms with Gasteiger partial charge in [0.2, 0.25) is 5.91 Å². The summed E-state index contributed by atoms with van der Waals surface area (Å²) in [6.45, 7) is 6.81. The minimum absolute atomic E-state index is 0.0869. The molecule has 1 aliphatic rings. The lowest BCUT2D eigenvalue weighted by Gasteiger charge is -2.36. The monoisotopic (exact) mass is 418 g/mol. The summed E-state index contributed by atoms with van der Waals surface area (Å²) in [5.74, 6) is 0.725. The van der Waals surface area contributed by atoms with Crippen molar-refractivity contribution in [1.82, 2.24) is 20.3 Å². The van der Waals surface area contributed by atoms with Gasteiger partial charge in [-0.05, 0) is 24.6 Å². The Morgan fingerprint density at radius 1 is 1.28 bits per heavy atom. The zero-order valence-corrected chi connectivity index (χ0v) is 17.6. The summed E-state index contributed by atoms with van der Waals surface area (Å²) in [7, 11) is 1.76. The van der Waals surface area contributed by atoms with E-state index >= 15 is 0 Å². The number of amides is 1. The van der Waals surface area contributed by atoms with Gasteiger partial charge in [-0.25, -0.2) is 0 Å². The first kappa shape index (κ1) is 21.1. The van der Waals surface area contributed by atoms with Crippen molar-refractivity contribution in [2.75, 3.05) is 45.1 Å². The molecule has 1 saturated heterocycles. The molecule has 0 aliphatic carbocycles. The maximum atomic E-state index is 12.2. The second kappa shape index (κ2) is 10.3. The normalized spacial score (nSPS) is 15.4. The predicted octanol–water partition coefficient (Wildman–Crippen LogP) is 2.36. The first-order valence-electron chi connectivity index (χ1n) is 9.68. The van der Waals surface area contributed by atoms with Crippen molar-refractivity contribution >= 4 is 29.2 Å². The molecule has 8 nitrogen and oxygen atoms in total. The van der Waals surface area contributed by atoms with Gasteiger partial charge < -0.3 is 20.1 Å². The third-order valence-electron chi connectivity index (χ3n) is 4.79. The number of aliphatic imine (C=N–C) groups is 1. The van der Waals surface area contributed by atoms with Crippen LogP contribution in [0.4, 0.5) is 5.69 Å². The fourth-order valence-corrected chi connectivity index (χ4v) is 3.50. The fraction of sp³-hybridized carbons (Fsp3) is 0.450. The second-order valence-corrected chi connectivity index (χ2v) is 7.42. The van der Waals surface area contributed by atoms with Crippen LogP contribution in [0.1, 0.15) is 17.7 Å². The molecule has 1 amide bonds. The molecule has 0 radical (unpaired) electrons. The minimum atomic E-state index is -0.0869. The number of hydrogen-bond acceptors (Lipinski definition) is 5. The molecular formula is C20H27ClN6O2. The number of hydrogen-bond donors (Lipinski definition) is 2. The fourth-order valence-electron chi connectivity index (χ4n) is 3.22. The predicted molar refractivity (Wildman–Crippen MR) is 114 cm³/mol. The number of benzene rings is 1. The summed E-state index contributed by atoms with van der Waals surface area (Å²) in [4.78, 5) is 21.1. The third-order valence-corrected chi connectivity index (χ3v) is 5.11. The molecule has 156 valence electrons. The molecule has 1 fully saturated rings. The molecule has 2 aromatic rings. The van der Waals surface area contributed by atoms with E-state index in [-0.39, 0.29) is 5.91 Å². The molecule has 0 saturated carbocycles. The highest BCUT2D eigenvalue weighted by atomic mass is 35.5. The van der Waals surface area contributed by atoms with Crippen LogP contribution in [-0.4, -0.2) is 66.6 Å². The van der Waals surface area contributed by atoms with Gasteiger partial charge in [-0.3, -0.25) is 14.7 Å². The van der Waals surface area contributed by atoms with E-state index in [1.807, 2.05) is 31.2 Å². The molecule has 2 N–H and O–H groups in total. The molecular weight excluding hydrogens is 392 g/mol. The van der Waals surface area contributed by atoms with E-state index in [0.717, 1.165) is 49.9 Å². The molecule has 29 heavy (non-hydrogen) atoms. The SMILES string of the molecule is CN=C(NCCC(=O)Nc1ccc(C)cc1Cl)N1CCN(Cc2ccon2)CC1. The van der Waals surface area contributed by atoms with Crippen LogP contribution in [0, 0.1) is 6.92 Å². The average Bonchev–Trinajstić information content (AvgIpc) is 3.21. The standard InChI is InChI=1S/C20H27ClN6O2/c1-15-3-4-18(17(21)13-15)24-19(28)5-7-23-20(22-2)27-10-8-26(9-11-27)14-16-6-12-29-25-16/h3-4,6,12-13H,5,7-11,14H2,1-2H3,(H,22,23)(H,24,28). The summed E-state index contributed by atoms with van der Waals surface area (Å²) in [5, 5.41) is 10.6. The zero-order chi connectivity index (χ0) is 20.6. The van der Waals surface area contributed by atoms with Crippen molar-refractivity contribution in [1.29, 1.82) is 0 Å². The Labute approximate surface area is 175 Å². The van der Waals surface area contributed by atoms with E-state index in [1.54, 1.807) is 13.3 Å². The average molecular weight is 419 g/mol. The lowest BCUT2D eigenvalue weighted by molar-refractivity contribution is -0.116. The van der Waals surface area contributed by atoms with Crippen LogP contribution in [-0.2, 0) is 11.3 Å². The number of carbonyl (C=O) groups excluding carboxylic acids is 1. The lowest BCUT2D eigenvalue weighted by Crippen LogP contribution is -2.52. The third kappa shape index (κ3) is 6.20. The molecule has 1 aromatic heterocycles. The van der Waals surface area contributed by atoms with Crippen LogP contribution >= 0.6 is 11.6 Å². The Hall–Kier alpha value is -2.58. The van der Waals surface area contributed by atoms with Gasteiger partial charge in [0, 0.05) is 58.8 Å². The number of rotatable bonds is 6. The van der Waals surface area contributed by atoms with Gasteiger partial charge in [0.25, 0.3) is 0 Å². The van der Waals surface area contributed by atoms with Crippen LogP contribution in [0.3, 0.4) is 0 Å². The van der Waals surface area contributed by atoms with Crippen LogP contribution in [0.5, 0.6) is 0 Å². The number of piperazine rings is 1. The largest absolute Gasteiger partial charge is 0.364 e. The summed E-state index contributed by atoms with van der Waals surface area (Å²) < 4.78 is 4.89. The van der Waals surface area contributed by atoms with Gasteiger partial charge in [0.15, 0.2) is 5.96 Å². The van der Waals surface area contributed by atoms with Crippen LogP contribution in [0.2, 0.25) is 5.02 Å². The van der Waals surface area contributed by atoms with Crippen molar-refractivity contribution in [2.45, 2.75) is 19.9 Å². The number of aromatic nitrogens is 1. The first-order chi connectivity index (χ1) is 14.0. The van der Waals surface area contributed by atoms with Gasteiger partial charge >= 0.3 is 0 Å². The zero-order valence-electron chi connectivity index (χ0n) is 16.8. The number of nitrogens with zero attached hydrogens (tertiary/aromatic N) is 4. The Bertz CT molecular complexity index is 832. The van der Waals surface area contributed by atoms with Crippen molar-refractivity contribution in [2.24, 2.45) is 4.99 Å². The molecule has 0 bridgehead atoms. The quantitative estimate of drug-likeness (QED) is 0.553. The van der Waals surface area contributed by atoms with Crippen LogP contribution in [0.15, 0.2) is 40.0 Å². The highest BCUT2D eigenvalue weighted by Gasteiger charge is 2.20. The first-order valence-corrected chi connectivity index (χ1v) is 10.1. The molecule has 0 unspecified atom stereocenters. The van der Waals surface area contributed by atoms with Gasteiger partial charge in [0.1, 0.15) is 6.26 Å². The van der Waals surface area contributed by atoms with Crippen molar-refractivity contribution in [3.63, 3.8) is 0 Å². The number of carbonyl (C=O) groups is 1. The minimum Gasteiger partial charge on any atom is -0.364 e. The molecule has 1 aliphatic heterocycles. The van der Waals surface area contributed by atoms with E-state index in [1.165, 1.54) is 0 Å². The van der Waals surface area contributed by atoms with Crippen molar-refractivity contribution < 1.29 is 9.32 Å². The van der Waals surface area contributed by atoms with Crippen LogP contribution < -0.4 is 10.6 Å². The van der Waals surface area contributed by atoms with E-state index in [9.17, 15) is 4.79 Å². The molecule has 0 spiro atoms. The van der Waals surface area contributed by atoms with E-state index in [0.29, 0.717) is 23.7 Å². The lowest BCUT2D eigenvalue weighted by atomic mass is 10.2. The maximum Gasteiger partial charge on any atom is 0.226 e. The van der Waals surface area contributed by atoms with E-state index < -0.39 is 0 Å². The molecule has 1 aromatic carbocycles. The summed E-state index contributed by atoms with van der Waals surface area (Å²) in [6.07, 6.45) is 1.93. The van der Waals surface area contributed by atoms with Gasteiger partial charge in [0.05, 0.1) is 16.4 Å². The topological polar surface area (TPSA) is 86.0 Å². The van der Waals surface area contributed by atoms with E-state index in [4.69, 9.17) is 16.1 Å². The molecule has 9 heteroatoms. The molecule has 2 heterocycles. The maximum absolute atomic E-state index is 12.2. The second-order valence-electron chi connectivity index (χ2n) is 7.01. The van der Waals surface area contributed by atoms with Gasteiger partial charge in [-0.2, -0.15) is 0 Å². The van der Waals surface area contributed by atoms with Crippen LogP contribution in [0.25, 0.3) is 0 Å². The molecule has 3 rings (SSSR count). The van der Waals surface area contributed by atoms with Gasteiger partial charge in [-0.1, -0.05) is 22.8 Å². The van der Waals surface area contributed by atoms with Crippen molar-refractivity contribution in [3.8, 4) is 0 Å². The summed E-state index contributed by atoms with van der Waals surface area (Å²) >= 11 is 6.17. The number of aryl methyl sites for hydroxylation is 1. The summed E-state index contributed by atoms with van der Waals surface area (Å²) in [6, 6.07) is 7.46. The Kier molecular flexibility index (Phi) is 7.48. The smallest absolute Gasteiger partial charge is 0.226 e. The molecule has 0 atom stereocenters. The highest BCUT2D eigenvalue weighted by molar-refractivity contribution is 6.33. The van der Waals surface area contributed by atoms with Gasteiger partial charge in [-0.15, -0.1) is 0 Å². The number of anilines is 1. The Morgan fingerprint density at radius 2 is 2.07 bits per heavy atom. The Morgan fingerprint density at radius 3 is 2.72 bits per heavy atom. The number of guanidine groups is 1. The summed E-state index contributed by atoms with van der Waals surface area (Å²) in [5.41, 5.74) is 2.63. The number of nitrogens with one attached hydrogen (secondary N) is 2. The number of halogens is 1.